The topological polar surface area (TPSA) is 110 Å². The molecule has 0 aliphatic carbocycles. The third kappa shape index (κ3) is 4.94. The number of halogens is 5. The number of fused-ring (bicyclic) bond motifs is 1. The Kier molecular flexibility index (Phi) is 7.20. The van der Waals surface area contributed by atoms with Gasteiger partial charge in [0.25, 0.3) is 11.8 Å². The van der Waals surface area contributed by atoms with Crippen LogP contribution in [0.5, 0.6) is 0 Å². The molecule has 0 saturated carbocycles. The van der Waals surface area contributed by atoms with Crippen molar-refractivity contribution in [3.8, 4) is 17.2 Å². The summed E-state index contributed by atoms with van der Waals surface area (Å²) in [5, 5.41) is 25.4. The maximum Gasteiger partial charge on any atom is 0.416 e. The summed E-state index contributed by atoms with van der Waals surface area (Å²) >= 11 is 0. The molecule has 1 saturated heterocycles. The number of carbonyl (C=O) groups is 2. The normalized spacial score (nSPS) is 19.1. The molecule has 2 aliphatic rings. The van der Waals surface area contributed by atoms with Crippen molar-refractivity contribution >= 4 is 17.5 Å². The van der Waals surface area contributed by atoms with Crippen LogP contribution in [0.15, 0.2) is 66.2 Å². The van der Waals surface area contributed by atoms with E-state index in [-0.39, 0.29) is 34.5 Å². The second-order valence-corrected chi connectivity index (χ2v) is 10.1. The van der Waals surface area contributed by atoms with Gasteiger partial charge in [-0.3, -0.25) is 19.6 Å². The van der Waals surface area contributed by atoms with Crippen LogP contribution in [-0.4, -0.2) is 44.0 Å². The van der Waals surface area contributed by atoms with Crippen LogP contribution in [0, 0.1) is 23.0 Å². The van der Waals surface area contributed by atoms with Gasteiger partial charge >= 0.3 is 6.18 Å². The summed E-state index contributed by atoms with van der Waals surface area (Å²) in [4.78, 5) is 31.2. The molecule has 1 atom stereocenters. The van der Waals surface area contributed by atoms with Gasteiger partial charge in [-0.2, -0.15) is 18.4 Å². The summed E-state index contributed by atoms with van der Waals surface area (Å²) in [7, 11) is 0. The first-order valence-electron chi connectivity index (χ1n) is 12.7. The number of nitrogens with zero attached hydrogens (tertiary/aromatic N) is 4. The minimum atomic E-state index is -4.73. The molecule has 42 heavy (non-hydrogen) atoms. The summed E-state index contributed by atoms with van der Waals surface area (Å²) < 4.78 is 69.1. The number of benzene rings is 2. The number of hydrogen-bond donors (Lipinski definition) is 2. The zero-order valence-electron chi connectivity index (χ0n) is 22.0. The number of anilines is 1. The largest absolute Gasteiger partial charge is 0.509 e. The van der Waals surface area contributed by atoms with Crippen molar-refractivity contribution in [2.45, 2.75) is 38.0 Å². The smallest absolute Gasteiger partial charge is 0.416 e. The Morgan fingerprint density at radius 3 is 2.67 bits per heavy atom. The Morgan fingerprint density at radius 2 is 1.95 bits per heavy atom. The van der Waals surface area contributed by atoms with Gasteiger partial charge in [-0.1, -0.05) is 12.1 Å². The van der Waals surface area contributed by atoms with Crippen molar-refractivity contribution in [2.75, 3.05) is 11.9 Å². The fourth-order valence-electron chi connectivity index (χ4n) is 5.28. The van der Waals surface area contributed by atoms with Gasteiger partial charge in [-0.25, -0.2) is 13.8 Å². The van der Waals surface area contributed by atoms with Crippen molar-refractivity contribution in [2.24, 2.45) is 0 Å². The average Bonchev–Trinajstić information content (AvgIpc) is 3.36. The van der Waals surface area contributed by atoms with Gasteiger partial charge in [0.05, 0.1) is 23.2 Å². The fourth-order valence-corrected chi connectivity index (χ4v) is 5.28. The Morgan fingerprint density at radius 1 is 1.19 bits per heavy atom. The van der Waals surface area contributed by atoms with Crippen LogP contribution >= 0.6 is 0 Å². The first-order chi connectivity index (χ1) is 19.8. The van der Waals surface area contributed by atoms with Crippen LogP contribution in [0.2, 0.25) is 0 Å². The lowest BCUT2D eigenvalue weighted by atomic mass is 9.90. The van der Waals surface area contributed by atoms with Gasteiger partial charge in [0, 0.05) is 41.3 Å². The minimum Gasteiger partial charge on any atom is -0.509 e. The van der Waals surface area contributed by atoms with E-state index >= 15 is 0 Å². The number of aromatic nitrogens is 1. The van der Waals surface area contributed by atoms with E-state index in [0.717, 1.165) is 29.3 Å². The van der Waals surface area contributed by atoms with Gasteiger partial charge < -0.3 is 10.4 Å². The highest BCUT2D eigenvalue weighted by Gasteiger charge is 2.52. The lowest BCUT2D eigenvalue weighted by Crippen LogP contribution is -2.60. The Labute approximate surface area is 236 Å². The summed E-state index contributed by atoms with van der Waals surface area (Å²) in [6.45, 7) is 1.43. The molecule has 0 bridgehead atoms. The van der Waals surface area contributed by atoms with Crippen LogP contribution in [0.4, 0.5) is 27.6 Å². The van der Waals surface area contributed by atoms with Gasteiger partial charge in [0.15, 0.2) is 11.6 Å². The summed E-state index contributed by atoms with van der Waals surface area (Å²) in [5.74, 6) is -4.98. The predicted octanol–water partition coefficient (Wildman–Crippen LogP) is 5.48. The third-order valence-electron chi connectivity index (χ3n) is 7.44. The summed E-state index contributed by atoms with van der Waals surface area (Å²) in [6.07, 6.45) is -1.48. The van der Waals surface area contributed by atoms with Crippen LogP contribution < -0.4 is 5.32 Å². The number of pyridine rings is 1. The van der Waals surface area contributed by atoms with Crippen LogP contribution in [0.3, 0.4) is 0 Å². The number of hydrogen-bond acceptors (Lipinski definition) is 6. The number of hydrazine groups is 1. The van der Waals surface area contributed by atoms with Crippen molar-refractivity contribution in [3.05, 3.63) is 94.5 Å². The lowest BCUT2D eigenvalue weighted by Gasteiger charge is -2.46. The van der Waals surface area contributed by atoms with E-state index in [4.69, 9.17) is 0 Å². The number of nitriles is 1. The molecule has 0 radical (unpaired) electrons. The quantitative estimate of drug-likeness (QED) is 0.304. The standard InChI is InChI=1S/C29H22F5N5O3/c1-28-8-3-9-39(28)38(15-17-4-2-5-21(30)24(17)31)27(42)23(25(28)40)26(41)37-22-7-6-19(29(32,33)34)11-20(22)18-10-16(12-35)13-36-14-18/h2,4-7,10-11,13-14,40H,3,8-9,15H2,1H3,(H,37,41)/t28-/m1/s1. The maximum atomic E-state index is 14.5. The molecule has 2 aliphatic heterocycles. The van der Waals surface area contributed by atoms with Gasteiger partial charge in [-0.05, 0) is 50.1 Å². The molecule has 216 valence electrons. The van der Waals surface area contributed by atoms with E-state index < -0.39 is 58.6 Å². The molecule has 3 aromatic rings. The second kappa shape index (κ2) is 10.5. The molecule has 0 spiro atoms. The number of aliphatic hydroxyl groups is 1. The molecule has 13 heteroatoms. The van der Waals surface area contributed by atoms with Crippen LogP contribution in [-0.2, 0) is 22.3 Å². The lowest BCUT2D eigenvalue weighted by molar-refractivity contribution is -0.160. The minimum absolute atomic E-state index is 0.0551. The van der Waals surface area contributed by atoms with Crippen molar-refractivity contribution < 1.29 is 36.6 Å². The van der Waals surface area contributed by atoms with Gasteiger partial charge in [0.2, 0.25) is 0 Å². The zero-order valence-corrected chi connectivity index (χ0v) is 22.0. The van der Waals surface area contributed by atoms with Gasteiger partial charge in [-0.15, -0.1) is 0 Å². The van der Waals surface area contributed by atoms with Crippen molar-refractivity contribution in [1.29, 1.82) is 5.26 Å². The maximum absolute atomic E-state index is 14.5. The number of aliphatic hydroxyl groups excluding tert-OH is 1. The predicted molar refractivity (Wildman–Crippen MR) is 139 cm³/mol. The first-order valence-corrected chi connectivity index (χ1v) is 12.7. The van der Waals surface area contributed by atoms with E-state index in [1.165, 1.54) is 35.6 Å². The third-order valence-corrected chi connectivity index (χ3v) is 7.44. The SMILES string of the molecule is C[C@]12CCCN1N(Cc1cccc(F)c1F)C(=O)C(C(=O)Nc1ccc(C(F)(F)F)cc1-c1cncc(C#N)c1)=C2O. The highest BCUT2D eigenvalue weighted by Crippen LogP contribution is 2.42. The van der Waals surface area contributed by atoms with E-state index in [1.807, 2.05) is 6.07 Å². The molecule has 3 heterocycles. The molecule has 2 N–H and O–H groups in total. The fraction of sp³-hybridized carbons (Fsp3) is 0.241. The number of alkyl halides is 3. The van der Waals surface area contributed by atoms with Gasteiger partial charge in [0.1, 0.15) is 17.4 Å². The van der Waals surface area contributed by atoms with E-state index in [2.05, 4.69) is 10.3 Å². The second-order valence-electron chi connectivity index (χ2n) is 10.1. The molecule has 8 nitrogen and oxygen atoms in total. The van der Waals surface area contributed by atoms with Crippen LogP contribution in [0.1, 0.15) is 36.5 Å². The summed E-state index contributed by atoms with van der Waals surface area (Å²) in [6, 6.07) is 9.10. The highest BCUT2D eigenvalue weighted by molar-refractivity contribution is 6.24. The molecule has 5 rings (SSSR count). The van der Waals surface area contributed by atoms with E-state index in [0.29, 0.717) is 12.8 Å². The monoisotopic (exact) mass is 583 g/mol. The average molecular weight is 584 g/mol. The molecular weight excluding hydrogens is 561 g/mol. The first kappa shape index (κ1) is 28.7. The number of amides is 2. The number of carbonyl (C=O) groups excluding carboxylic acids is 2. The van der Waals surface area contributed by atoms with Crippen LogP contribution in [0.25, 0.3) is 11.1 Å². The number of nitrogens with one attached hydrogen (secondary N) is 1. The molecule has 1 fully saturated rings. The molecular formula is C29H22F5N5O3. The Hall–Kier alpha value is -4.83. The Balaban J connectivity index is 1.56. The highest BCUT2D eigenvalue weighted by atomic mass is 19.4. The van der Waals surface area contributed by atoms with Crippen molar-refractivity contribution in [3.63, 3.8) is 0 Å². The molecule has 0 unspecified atom stereocenters. The Bertz CT molecular complexity index is 1680. The molecule has 1 aromatic heterocycles. The van der Waals surface area contributed by atoms with Crippen molar-refractivity contribution in [1.82, 2.24) is 15.0 Å². The molecule has 2 amide bonds. The zero-order chi connectivity index (χ0) is 30.4. The molecule has 2 aromatic carbocycles. The number of rotatable bonds is 5. The van der Waals surface area contributed by atoms with E-state index in [9.17, 15) is 41.9 Å². The van der Waals surface area contributed by atoms with E-state index in [1.54, 1.807) is 6.92 Å². The summed E-state index contributed by atoms with van der Waals surface area (Å²) in [5.41, 5.74) is -3.28.